The van der Waals surface area contributed by atoms with Crippen LogP contribution in [0, 0.1) is 5.41 Å². The molecule has 3 heteroatoms. The third-order valence-corrected chi connectivity index (χ3v) is 2.41. The molecule has 11 heavy (non-hydrogen) atoms. The zero-order valence-electron chi connectivity index (χ0n) is 6.87. The van der Waals surface area contributed by atoms with Gasteiger partial charge in [0.1, 0.15) is 0 Å². The second kappa shape index (κ2) is 3.48. The molecular formula is C8H15F2N. The lowest BCUT2D eigenvalue weighted by Crippen LogP contribution is -2.35. The minimum Gasteiger partial charge on any atom is -0.316 e. The van der Waals surface area contributed by atoms with Gasteiger partial charge in [0.15, 0.2) is 0 Å². The minimum atomic E-state index is -2.19. The van der Waals surface area contributed by atoms with E-state index < -0.39 is 11.8 Å². The summed E-state index contributed by atoms with van der Waals surface area (Å²) in [5, 5.41) is 3.04. The number of nitrogens with one attached hydrogen (secondary N) is 1. The SMILES string of the molecule is CC1(C(F)F)CCCCNC1. The van der Waals surface area contributed by atoms with E-state index in [1.165, 1.54) is 0 Å². The molecule has 1 aliphatic heterocycles. The van der Waals surface area contributed by atoms with Crippen molar-refractivity contribution in [3.63, 3.8) is 0 Å². The molecule has 0 aromatic rings. The highest BCUT2D eigenvalue weighted by Gasteiger charge is 2.34. The van der Waals surface area contributed by atoms with Crippen molar-refractivity contribution in [1.82, 2.24) is 5.32 Å². The maximum atomic E-state index is 12.4. The monoisotopic (exact) mass is 163 g/mol. The van der Waals surface area contributed by atoms with Crippen LogP contribution in [-0.4, -0.2) is 19.5 Å². The molecule has 0 amide bonds. The fourth-order valence-corrected chi connectivity index (χ4v) is 1.43. The summed E-state index contributed by atoms with van der Waals surface area (Å²) < 4.78 is 24.9. The zero-order chi connectivity index (χ0) is 8.32. The molecule has 1 unspecified atom stereocenters. The molecule has 1 nitrogen and oxygen atoms in total. The normalized spacial score (nSPS) is 33.8. The number of hydrogen-bond donors (Lipinski definition) is 1. The Morgan fingerprint density at radius 3 is 2.73 bits per heavy atom. The van der Waals surface area contributed by atoms with Crippen LogP contribution in [0.25, 0.3) is 0 Å². The van der Waals surface area contributed by atoms with Crippen LogP contribution in [0.3, 0.4) is 0 Å². The lowest BCUT2D eigenvalue weighted by molar-refractivity contribution is 0.00477. The van der Waals surface area contributed by atoms with Gasteiger partial charge in [-0.15, -0.1) is 0 Å². The highest BCUT2D eigenvalue weighted by atomic mass is 19.3. The highest BCUT2D eigenvalue weighted by molar-refractivity contribution is 4.81. The molecule has 0 radical (unpaired) electrons. The summed E-state index contributed by atoms with van der Waals surface area (Å²) in [6.45, 7) is 3.02. The predicted octanol–water partition coefficient (Wildman–Crippen LogP) is 2.03. The smallest absolute Gasteiger partial charge is 0.245 e. The van der Waals surface area contributed by atoms with Gasteiger partial charge in [-0.3, -0.25) is 0 Å². The van der Waals surface area contributed by atoms with Crippen LogP contribution in [0.4, 0.5) is 8.78 Å². The van der Waals surface area contributed by atoms with E-state index in [9.17, 15) is 8.78 Å². The van der Waals surface area contributed by atoms with Crippen molar-refractivity contribution in [2.45, 2.75) is 32.6 Å². The van der Waals surface area contributed by atoms with Crippen LogP contribution in [-0.2, 0) is 0 Å². The van der Waals surface area contributed by atoms with Crippen molar-refractivity contribution < 1.29 is 8.78 Å². The van der Waals surface area contributed by atoms with Gasteiger partial charge in [0.25, 0.3) is 0 Å². The summed E-state index contributed by atoms with van der Waals surface area (Å²) in [6, 6.07) is 0. The average Bonchev–Trinajstić information content (AvgIpc) is 2.15. The molecular weight excluding hydrogens is 148 g/mol. The van der Waals surface area contributed by atoms with Gasteiger partial charge in [0, 0.05) is 12.0 Å². The van der Waals surface area contributed by atoms with Gasteiger partial charge in [0.05, 0.1) is 0 Å². The van der Waals surface area contributed by atoms with E-state index in [0.29, 0.717) is 13.0 Å². The van der Waals surface area contributed by atoms with Crippen molar-refractivity contribution >= 4 is 0 Å². The van der Waals surface area contributed by atoms with Crippen LogP contribution in [0.1, 0.15) is 26.2 Å². The summed E-state index contributed by atoms with van der Waals surface area (Å²) >= 11 is 0. The van der Waals surface area contributed by atoms with Gasteiger partial charge < -0.3 is 5.32 Å². The number of hydrogen-bond acceptors (Lipinski definition) is 1. The molecule has 1 fully saturated rings. The van der Waals surface area contributed by atoms with Crippen LogP contribution >= 0.6 is 0 Å². The average molecular weight is 163 g/mol. The Balaban J connectivity index is 2.52. The molecule has 1 N–H and O–H groups in total. The Hall–Kier alpha value is -0.180. The van der Waals surface area contributed by atoms with E-state index in [2.05, 4.69) is 5.32 Å². The van der Waals surface area contributed by atoms with E-state index in [4.69, 9.17) is 0 Å². The Bertz CT molecular complexity index is 117. The van der Waals surface area contributed by atoms with E-state index in [-0.39, 0.29) is 0 Å². The Kier molecular flexibility index (Phi) is 2.82. The molecule has 0 aromatic heterocycles. The van der Waals surface area contributed by atoms with Crippen LogP contribution in [0.2, 0.25) is 0 Å². The van der Waals surface area contributed by atoms with Gasteiger partial charge in [-0.05, 0) is 19.4 Å². The quantitative estimate of drug-likeness (QED) is 0.623. The van der Waals surface area contributed by atoms with Gasteiger partial charge in [-0.1, -0.05) is 13.3 Å². The molecule has 1 aliphatic rings. The fraction of sp³-hybridized carbons (Fsp3) is 1.00. The molecule has 0 spiro atoms. The first-order chi connectivity index (χ1) is 5.15. The van der Waals surface area contributed by atoms with E-state index in [0.717, 1.165) is 19.4 Å². The Labute approximate surface area is 66.2 Å². The summed E-state index contributed by atoms with van der Waals surface area (Å²) in [5.74, 6) is 0. The predicted molar refractivity (Wildman–Crippen MR) is 40.8 cm³/mol. The molecule has 0 aromatic carbocycles. The lowest BCUT2D eigenvalue weighted by atomic mass is 9.86. The van der Waals surface area contributed by atoms with Crippen molar-refractivity contribution in [1.29, 1.82) is 0 Å². The maximum absolute atomic E-state index is 12.4. The fourth-order valence-electron chi connectivity index (χ4n) is 1.43. The molecule has 1 heterocycles. The van der Waals surface area contributed by atoms with Gasteiger partial charge in [-0.25, -0.2) is 8.78 Å². The van der Waals surface area contributed by atoms with Crippen molar-refractivity contribution in [3.8, 4) is 0 Å². The van der Waals surface area contributed by atoms with Crippen LogP contribution in [0.5, 0.6) is 0 Å². The van der Waals surface area contributed by atoms with Crippen molar-refractivity contribution in [2.24, 2.45) is 5.41 Å². The summed E-state index contributed by atoms with van der Waals surface area (Å²) in [4.78, 5) is 0. The van der Waals surface area contributed by atoms with Crippen LogP contribution < -0.4 is 5.32 Å². The maximum Gasteiger partial charge on any atom is 0.245 e. The zero-order valence-corrected chi connectivity index (χ0v) is 6.87. The van der Waals surface area contributed by atoms with Crippen LogP contribution in [0.15, 0.2) is 0 Å². The molecule has 1 saturated heterocycles. The largest absolute Gasteiger partial charge is 0.316 e. The van der Waals surface area contributed by atoms with E-state index >= 15 is 0 Å². The van der Waals surface area contributed by atoms with Crippen molar-refractivity contribution in [2.75, 3.05) is 13.1 Å². The Morgan fingerprint density at radius 1 is 1.36 bits per heavy atom. The molecule has 0 saturated carbocycles. The lowest BCUT2D eigenvalue weighted by Gasteiger charge is -2.26. The number of alkyl halides is 2. The molecule has 0 bridgehead atoms. The molecule has 66 valence electrons. The van der Waals surface area contributed by atoms with Gasteiger partial charge >= 0.3 is 0 Å². The van der Waals surface area contributed by atoms with E-state index in [1.807, 2.05) is 0 Å². The summed E-state index contributed by atoms with van der Waals surface area (Å²) in [7, 11) is 0. The molecule has 1 rings (SSSR count). The van der Waals surface area contributed by atoms with Gasteiger partial charge in [0.2, 0.25) is 6.43 Å². The minimum absolute atomic E-state index is 0.463. The summed E-state index contributed by atoms with van der Waals surface area (Å²) in [5.41, 5.74) is -0.781. The molecule has 0 aliphatic carbocycles. The second-order valence-corrected chi connectivity index (χ2v) is 3.59. The third-order valence-electron chi connectivity index (χ3n) is 2.41. The molecule has 1 atom stereocenters. The Morgan fingerprint density at radius 2 is 2.09 bits per heavy atom. The second-order valence-electron chi connectivity index (χ2n) is 3.59. The number of halogens is 2. The first-order valence-corrected chi connectivity index (χ1v) is 4.14. The van der Waals surface area contributed by atoms with Gasteiger partial charge in [-0.2, -0.15) is 0 Å². The van der Waals surface area contributed by atoms with E-state index in [1.54, 1.807) is 6.92 Å². The third kappa shape index (κ3) is 2.12. The van der Waals surface area contributed by atoms with Crippen molar-refractivity contribution in [3.05, 3.63) is 0 Å². The topological polar surface area (TPSA) is 12.0 Å². The standard InChI is InChI=1S/C8H15F2N/c1-8(7(9)10)4-2-3-5-11-6-8/h7,11H,2-6H2,1H3. The summed E-state index contributed by atoms with van der Waals surface area (Å²) in [6.07, 6.45) is 0.418. The highest BCUT2D eigenvalue weighted by Crippen LogP contribution is 2.32. The number of rotatable bonds is 1. The first-order valence-electron chi connectivity index (χ1n) is 4.14. The first kappa shape index (κ1) is 8.91.